The lowest BCUT2D eigenvalue weighted by Crippen LogP contribution is -2.68. The molecule has 2 fully saturated rings. The van der Waals surface area contributed by atoms with Gasteiger partial charge < -0.3 is 11.1 Å². The van der Waals surface area contributed by atoms with E-state index in [9.17, 15) is 0 Å². The molecule has 0 spiro atoms. The summed E-state index contributed by atoms with van der Waals surface area (Å²) < 4.78 is 0. The third-order valence-electron chi connectivity index (χ3n) is 12.0. The van der Waals surface area contributed by atoms with Gasteiger partial charge in [0.25, 0.3) is 0 Å². The van der Waals surface area contributed by atoms with Gasteiger partial charge in [-0.1, -0.05) is 120 Å². The van der Waals surface area contributed by atoms with Crippen LogP contribution in [0.4, 0.5) is 0 Å². The molecule has 41 heavy (non-hydrogen) atoms. The predicted octanol–water partition coefficient (Wildman–Crippen LogP) is 10.4. The van der Waals surface area contributed by atoms with Gasteiger partial charge in [-0.3, -0.25) is 4.90 Å². The lowest BCUT2D eigenvalue weighted by atomic mass is 9.49. The normalized spacial score (nSPS) is 34.0. The lowest BCUT2D eigenvalue weighted by molar-refractivity contribution is -0.122. The van der Waals surface area contributed by atoms with Crippen molar-refractivity contribution in [2.75, 3.05) is 0 Å². The van der Waals surface area contributed by atoms with Gasteiger partial charge in [0.05, 0.1) is 0 Å². The first-order valence-electron chi connectivity index (χ1n) is 18.4. The van der Waals surface area contributed by atoms with Gasteiger partial charge >= 0.3 is 0 Å². The fourth-order valence-corrected chi connectivity index (χ4v) is 10.4. The van der Waals surface area contributed by atoms with Crippen molar-refractivity contribution in [3.05, 3.63) is 0 Å². The van der Waals surface area contributed by atoms with Crippen molar-refractivity contribution in [1.29, 1.82) is 0 Å². The highest BCUT2D eigenvalue weighted by Gasteiger charge is 2.56. The summed E-state index contributed by atoms with van der Waals surface area (Å²) >= 11 is 0. The Kier molecular flexibility index (Phi) is 14.7. The maximum Gasteiger partial charge on any atom is 0.0226 e. The number of unbranched alkanes of at least 4 members (excludes halogenated alkanes) is 8. The minimum atomic E-state index is 0.0849. The largest absolute Gasteiger partial charge is 0.326 e. The number of hydrogen-bond acceptors (Lipinski definition) is 3. The van der Waals surface area contributed by atoms with E-state index >= 15 is 0 Å². The van der Waals surface area contributed by atoms with Gasteiger partial charge in [-0.15, -0.1) is 0 Å². The topological polar surface area (TPSA) is 41.3 Å². The Labute approximate surface area is 259 Å². The molecule has 0 saturated carbocycles. The van der Waals surface area contributed by atoms with Crippen molar-refractivity contribution < 1.29 is 0 Å². The molecule has 0 aromatic heterocycles. The molecule has 0 bridgehead atoms. The number of nitrogens with two attached hydrogens (primary N) is 1. The molecule has 2 aliphatic rings. The highest BCUT2D eigenvalue weighted by atomic mass is 15.2. The molecule has 3 heteroatoms. The molecule has 2 aliphatic heterocycles. The van der Waals surface area contributed by atoms with Crippen LogP contribution in [-0.4, -0.2) is 40.6 Å². The second kappa shape index (κ2) is 16.3. The van der Waals surface area contributed by atoms with Gasteiger partial charge in [0.15, 0.2) is 0 Å². The Hall–Kier alpha value is -0.120. The lowest BCUT2D eigenvalue weighted by Gasteiger charge is -2.62. The quantitative estimate of drug-likeness (QED) is 0.202. The standard InChI is InChI=1S/C38H77N3/c1-13-16-18-20-22-24-32(25-23-21-19-17-14-2)41-30(6)38(11,12)35-33(28(4)26-31(41)15-3)34(39)29(5)40-37(9,10)27-36(35,7)8/h28-35,40H,13-27,39H2,1-12H3. The molecule has 0 aromatic carbocycles. The molecular formula is C38H77N3. The number of rotatable bonds is 14. The number of likely N-dealkylation sites (tertiary alicyclic amines) is 1. The summed E-state index contributed by atoms with van der Waals surface area (Å²) in [7, 11) is 0. The molecule has 0 aliphatic carbocycles. The summed E-state index contributed by atoms with van der Waals surface area (Å²) in [6.45, 7) is 30.0. The maximum absolute atomic E-state index is 7.34. The molecule has 7 atom stereocenters. The van der Waals surface area contributed by atoms with Crippen LogP contribution in [0.1, 0.15) is 179 Å². The molecule has 3 nitrogen and oxygen atoms in total. The van der Waals surface area contributed by atoms with Crippen LogP contribution in [0.5, 0.6) is 0 Å². The molecule has 7 unspecified atom stereocenters. The minimum absolute atomic E-state index is 0.0849. The molecule has 0 radical (unpaired) electrons. The average Bonchev–Trinajstić information content (AvgIpc) is 2.87. The Morgan fingerprint density at radius 3 is 1.78 bits per heavy atom. The first-order chi connectivity index (χ1) is 19.1. The molecule has 2 rings (SSSR count). The van der Waals surface area contributed by atoms with Crippen LogP contribution >= 0.6 is 0 Å². The van der Waals surface area contributed by atoms with Crippen LogP contribution < -0.4 is 11.1 Å². The number of fused-ring (bicyclic) bond motifs is 1. The van der Waals surface area contributed by atoms with Gasteiger partial charge in [0, 0.05) is 35.7 Å². The van der Waals surface area contributed by atoms with Crippen LogP contribution in [-0.2, 0) is 0 Å². The summed E-state index contributed by atoms with van der Waals surface area (Å²) in [6.07, 6.45) is 20.4. The fourth-order valence-electron chi connectivity index (χ4n) is 10.4. The smallest absolute Gasteiger partial charge is 0.0226 e. The van der Waals surface area contributed by atoms with Gasteiger partial charge in [-0.2, -0.15) is 0 Å². The number of nitrogens with one attached hydrogen (secondary N) is 1. The monoisotopic (exact) mass is 576 g/mol. The molecule has 3 N–H and O–H groups in total. The SMILES string of the molecule is CCCCCCCC(CCCCCCC)N1C(CC)CC(C)C2C(N)C(C)NC(C)(C)CC(C)(C)C2C(C)(C)C1C. The van der Waals surface area contributed by atoms with E-state index in [0.717, 1.165) is 0 Å². The average molecular weight is 576 g/mol. The van der Waals surface area contributed by atoms with E-state index in [0.29, 0.717) is 41.9 Å². The van der Waals surface area contributed by atoms with Crippen LogP contribution in [0, 0.1) is 28.6 Å². The fraction of sp³-hybridized carbons (Fsp3) is 1.00. The molecule has 0 amide bonds. The van der Waals surface area contributed by atoms with Crippen LogP contribution in [0.15, 0.2) is 0 Å². The molecule has 2 saturated heterocycles. The van der Waals surface area contributed by atoms with E-state index < -0.39 is 0 Å². The molecule has 0 aromatic rings. The Balaban J connectivity index is 2.52. The molecule has 2 heterocycles. The predicted molar refractivity (Wildman–Crippen MR) is 184 cm³/mol. The number of hydrogen-bond donors (Lipinski definition) is 2. The highest BCUT2D eigenvalue weighted by Crippen LogP contribution is 2.57. The van der Waals surface area contributed by atoms with E-state index in [1.54, 1.807) is 0 Å². The Bertz CT molecular complexity index is 713. The first kappa shape index (κ1) is 37.1. The van der Waals surface area contributed by atoms with Gasteiger partial charge in [0.2, 0.25) is 0 Å². The van der Waals surface area contributed by atoms with E-state index in [2.05, 4.69) is 93.3 Å². The van der Waals surface area contributed by atoms with Crippen molar-refractivity contribution in [2.45, 2.75) is 215 Å². The van der Waals surface area contributed by atoms with Gasteiger partial charge in [-0.25, -0.2) is 0 Å². The Morgan fingerprint density at radius 2 is 1.29 bits per heavy atom. The zero-order valence-corrected chi connectivity index (χ0v) is 30.2. The third-order valence-corrected chi connectivity index (χ3v) is 12.0. The van der Waals surface area contributed by atoms with Crippen LogP contribution in [0.25, 0.3) is 0 Å². The summed E-state index contributed by atoms with van der Waals surface area (Å²) in [5.41, 5.74) is 7.79. The zero-order chi connectivity index (χ0) is 31.0. The maximum atomic E-state index is 7.34. The van der Waals surface area contributed by atoms with Gasteiger partial charge in [-0.05, 0) is 88.4 Å². The van der Waals surface area contributed by atoms with E-state index in [4.69, 9.17) is 5.73 Å². The second-order valence-electron chi connectivity index (χ2n) is 16.9. The van der Waals surface area contributed by atoms with E-state index in [1.165, 1.54) is 96.3 Å². The second-order valence-corrected chi connectivity index (χ2v) is 16.9. The Morgan fingerprint density at radius 1 is 0.780 bits per heavy atom. The van der Waals surface area contributed by atoms with E-state index in [1.807, 2.05) is 0 Å². The summed E-state index contributed by atoms with van der Waals surface area (Å²) in [5.74, 6) is 1.72. The summed E-state index contributed by atoms with van der Waals surface area (Å²) in [5, 5.41) is 3.98. The first-order valence-corrected chi connectivity index (χ1v) is 18.4. The van der Waals surface area contributed by atoms with Crippen molar-refractivity contribution in [2.24, 2.45) is 34.3 Å². The number of nitrogens with zero attached hydrogens (tertiary/aromatic N) is 1. The molecular weight excluding hydrogens is 498 g/mol. The van der Waals surface area contributed by atoms with Crippen LogP contribution in [0.2, 0.25) is 0 Å². The summed E-state index contributed by atoms with van der Waals surface area (Å²) in [4.78, 5) is 3.12. The van der Waals surface area contributed by atoms with Crippen molar-refractivity contribution in [1.82, 2.24) is 10.2 Å². The molecule has 244 valence electrons. The van der Waals surface area contributed by atoms with E-state index in [-0.39, 0.29) is 22.4 Å². The van der Waals surface area contributed by atoms with Crippen molar-refractivity contribution in [3.63, 3.8) is 0 Å². The zero-order valence-electron chi connectivity index (χ0n) is 30.2. The highest BCUT2D eigenvalue weighted by molar-refractivity contribution is 5.09. The van der Waals surface area contributed by atoms with Crippen molar-refractivity contribution in [3.8, 4) is 0 Å². The summed E-state index contributed by atoms with van der Waals surface area (Å²) in [6, 6.07) is 2.41. The van der Waals surface area contributed by atoms with Crippen LogP contribution in [0.3, 0.4) is 0 Å². The van der Waals surface area contributed by atoms with Gasteiger partial charge in [0.1, 0.15) is 0 Å². The van der Waals surface area contributed by atoms with Crippen molar-refractivity contribution >= 4 is 0 Å². The third kappa shape index (κ3) is 9.68. The minimum Gasteiger partial charge on any atom is -0.326 e.